The van der Waals surface area contributed by atoms with Crippen LogP contribution in [0.1, 0.15) is 28.8 Å². The van der Waals surface area contributed by atoms with E-state index in [1.807, 2.05) is 0 Å². The second-order valence-corrected chi connectivity index (χ2v) is 7.57. The van der Waals surface area contributed by atoms with Crippen molar-refractivity contribution in [3.05, 3.63) is 77.9 Å². The molecule has 1 aliphatic rings. The minimum atomic E-state index is -4.38. The van der Waals surface area contributed by atoms with E-state index in [-0.39, 0.29) is 17.6 Å². The van der Waals surface area contributed by atoms with Crippen molar-refractivity contribution in [1.29, 1.82) is 0 Å². The highest BCUT2D eigenvalue weighted by molar-refractivity contribution is 5.93. The molecule has 0 spiro atoms. The Kier molecular flexibility index (Phi) is 6.55. The van der Waals surface area contributed by atoms with Gasteiger partial charge in [-0.3, -0.25) is 10.2 Å². The Bertz CT molecular complexity index is 1100. The standard InChI is InChI=1S/C23H20F4N4O2/c24-18-3-1-2-15(12-18)21-28-13-16(14-29-21)22(32)30-31-10-8-20(9-11-31)33-19-6-4-17(5-7-19)23(25,26)27/h1-7,12-14,20H,8-11H2,(H,30,32). The molecule has 33 heavy (non-hydrogen) atoms. The van der Waals surface area contributed by atoms with Crippen LogP contribution in [0.3, 0.4) is 0 Å². The number of aromatic nitrogens is 2. The maximum absolute atomic E-state index is 13.4. The van der Waals surface area contributed by atoms with Crippen LogP contribution in [0.2, 0.25) is 0 Å². The van der Waals surface area contributed by atoms with Gasteiger partial charge in [0.2, 0.25) is 0 Å². The van der Waals surface area contributed by atoms with Gasteiger partial charge in [-0.15, -0.1) is 0 Å². The van der Waals surface area contributed by atoms with Crippen LogP contribution >= 0.6 is 0 Å². The molecular formula is C23H20F4N4O2. The van der Waals surface area contributed by atoms with Crippen molar-refractivity contribution >= 4 is 5.91 Å². The number of alkyl halides is 3. The van der Waals surface area contributed by atoms with Gasteiger partial charge in [-0.05, 0) is 49.2 Å². The van der Waals surface area contributed by atoms with Crippen molar-refractivity contribution in [2.75, 3.05) is 13.1 Å². The Hall–Kier alpha value is -3.53. The van der Waals surface area contributed by atoms with E-state index in [1.54, 1.807) is 17.1 Å². The largest absolute Gasteiger partial charge is 0.490 e. The Morgan fingerprint density at radius 2 is 1.70 bits per heavy atom. The lowest BCUT2D eigenvalue weighted by atomic mass is 10.1. The van der Waals surface area contributed by atoms with Crippen molar-refractivity contribution in [2.24, 2.45) is 0 Å². The summed E-state index contributed by atoms with van der Waals surface area (Å²) in [7, 11) is 0. The first-order valence-corrected chi connectivity index (χ1v) is 10.3. The van der Waals surface area contributed by atoms with Gasteiger partial charge >= 0.3 is 6.18 Å². The first-order chi connectivity index (χ1) is 15.8. The summed E-state index contributed by atoms with van der Waals surface area (Å²) in [5, 5.41) is 1.75. The van der Waals surface area contributed by atoms with E-state index in [1.165, 1.54) is 36.7 Å². The van der Waals surface area contributed by atoms with Crippen LogP contribution in [0, 0.1) is 5.82 Å². The molecule has 2 heterocycles. The Morgan fingerprint density at radius 1 is 1.03 bits per heavy atom. The van der Waals surface area contributed by atoms with E-state index in [0.29, 0.717) is 43.1 Å². The molecule has 1 aliphatic heterocycles. The van der Waals surface area contributed by atoms with Gasteiger partial charge in [-0.1, -0.05) is 12.1 Å². The first kappa shape index (κ1) is 22.7. The van der Waals surface area contributed by atoms with E-state index in [0.717, 1.165) is 12.1 Å². The summed E-state index contributed by atoms with van der Waals surface area (Å²) in [6.45, 7) is 1.03. The zero-order valence-electron chi connectivity index (χ0n) is 17.3. The monoisotopic (exact) mass is 460 g/mol. The molecule has 10 heteroatoms. The molecule has 6 nitrogen and oxygen atoms in total. The summed E-state index contributed by atoms with van der Waals surface area (Å²) in [5.74, 6) is -0.0835. The highest BCUT2D eigenvalue weighted by atomic mass is 19.4. The average molecular weight is 460 g/mol. The first-order valence-electron chi connectivity index (χ1n) is 10.3. The van der Waals surface area contributed by atoms with Gasteiger partial charge in [0.05, 0.1) is 11.1 Å². The molecule has 172 valence electrons. The smallest absolute Gasteiger partial charge is 0.416 e. The average Bonchev–Trinajstić information content (AvgIpc) is 2.80. The molecule has 0 atom stereocenters. The van der Waals surface area contributed by atoms with Crippen molar-refractivity contribution < 1.29 is 27.1 Å². The molecule has 0 aliphatic carbocycles. The molecule has 4 rings (SSSR count). The summed E-state index contributed by atoms with van der Waals surface area (Å²) >= 11 is 0. The van der Waals surface area contributed by atoms with Gasteiger partial charge in [0.25, 0.3) is 5.91 Å². The number of piperidine rings is 1. The number of carbonyl (C=O) groups excluding carboxylic acids is 1. The maximum Gasteiger partial charge on any atom is 0.416 e. The summed E-state index contributed by atoms with van der Waals surface area (Å²) in [6.07, 6.45) is -0.602. The fourth-order valence-corrected chi connectivity index (χ4v) is 3.43. The van der Waals surface area contributed by atoms with Gasteiger partial charge in [-0.2, -0.15) is 13.2 Å². The Labute approximate surface area is 187 Å². The molecule has 1 N–H and O–H groups in total. The third-order valence-corrected chi connectivity index (χ3v) is 5.18. The van der Waals surface area contributed by atoms with Crippen molar-refractivity contribution in [1.82, 2.24) is 20.4 Å². The molecule has 0 radical (unpaired) electrons. The zero-order valence-corrected chi connectivity index (χ0v) is 17.3. The van der Waals surface area contributed by atoms with Crippen LogP contribution in [0.25, 0.3) is 11.4 Å². The minimum Gasteiger partial charge on any atom is -0.490 e. The van der Waals surface area contributed by atoms with Crippen molar-refractivity contribution in [3.63, 3.8) is 0 Å². The molecule has 1 fully saturated rings. The molecule has 1 aromatic heterocycles. The normalized spacial score (nSPS) is 15.3. The predicted octanol–water partition coefficient (Wildman–Crippen LogP) is 4.49. The zero-order chi connectivity index (χ0) is 23.4. The van der Waals surface area contributed by atoms with Crippen LogP contribution in [0.5, 0.6) is 5.75 Å². The highest BCUT2D eigenvalue weighted by Crippen LogP contribution is 2.30. The summed E-state index contributed by atoms with van der Waals surface area (Å²) in [5.41, 5.74) is 2.84. The third kappa shape index (κ3) is 5.83. The fraction of sp³-hybridized carbons (Fsp3) is 0.261. The second kappa shape index (κ2) is 9.53. The number of nitrogens with one attached hydrogen (secondary N) is 1. The number of rotatable bonds is 5. The highest BCUT2D eigenvalue weighted by Gasteiger charge is 2.30. The van der Waals surface area contributed by atoms with Crippen LogP contribution in [0.4, 0.5) is 17.6 Å². The number of hydrazine groups is 1. The molecular weight excluding hydrogens is 440 g/mol. The molecule has 2 aromatic carbocycles. The van der Waals surface area contributed by atoms with Crippen LogP contribution in [-0.4, -0.2) is 40.1 Å². The quantitative estimate of drug-likeness (QED) is 0.569. The van der Waals surface area contributed by atoms with Crippen LogP contribution in [-0.2, 0) is 6.18 Å². The van der Waals surface area contributed by atoms with E-state index < -0.39 is 17.6 Å². The summed E-state index contributed by atoms with van der Waals surface area (Å²) in [4.78, 5) is 20.8. The van der Waals surface area contributed by atoms with E-state index in [9.17, 15) is 22.4 Å². The van der Waals surface area contributed by atoms with E-state index in [4.69, 9.17) is 4.74 Å². The summed E-state index contributed by atoms with van der Waals surface area (Å²) in [6, 6.07) is 10.5. The molecule has 0 saturated carbocycles. The predicted molar refractivity (Wildman–Crippen MR) is 112 cm³/mol. The molecule has 1 amide bonds. The summed E-state index contributed by atoms with van der Waals surface area (Å²) < 4.78 is 57.1. The number of ether oxygens (including phenoxy) is 1. The third-order valence-electron chi connectivity index (χ3n) is 5.18. The number of amides is 1. The van der Waals surface area contributed by atoms with Crippen LogP contribution < -0.4 is 10.2 Å². The topological polar surface area (TPSA) is 67.4 Å². The Balaban J connectivity index is 1.27. The van der Waals surface area contributed by atoms with Crippen molar-refractivity contribution in [3.8, 4) is 17.1 Å². The number of hydrogen-bond donors (Lipinski definition) is 1. The number of nitrogens with zero attached hydrogens (tertiary/aromatic N) is 3. The van der Waals surface area contributed by atoms with Gasteiger partial charge < -0.3 is 4.74 Å². The number of hydrogen-bond acceptors (Lipinski definition) is 5. The number of carbonyl (C=O) groups is 1. The maximum atomic E-state index is 13.4. The lowest BCUT2D eigenvalue weighted by Gasteiger charge is -2.32. The lowest BCUT2D eigenvalue weighted by molar-refractivity contribution is -0.137. The van der Waals surface area contributed by atoms with Crippen molar-refractivity contribution in [2.45, 2.75) is 25.1 Å². The SMILES string of the molecule is O=C(NN1CCC(Oc2ccc(C(F)(F)F)cc2)CC1)c1cnc(-c2cccc(F)c2)nc1. The second-order valence-electron chi connectivity index (χ2n) is 7.57. The molecule has 0 unspecified atom stereocenters. The van der Waals surface area contributed by atoms with Gasteiger partial charge in [0.1, 0.15) is 17.7 Å². The molecule has 3 aromatic rings. The van der Waals surface area contributed by atoms with Gasteiger partial charge in [0, 0.05) is 31.0 Å². The van der Waals surface area contributed by atoms with E-state index in [2.05, 4.69) is 15.4 Å². The minimum absolute atomic E-state index is 0.163. The van der Waals surface area contributed by atoms with Gasteiger partial charge in [-0.25, -0.2) is 19.4 Å². The van der Waals surface area contributed by atoms with E-state index >= 15 is 0 Å². The lowest BCUT2D eigenvalue weighted by Crippen LogP contribution is -2.48. The Morgan fingerprint density at radius 3 is 2.30 bits per heavy atom. The fourth-order valence-electron chi connectivity index (χ4n) is 3.43. The number of halogens is 4. The van der Waals surface area contributed by atoms with Crippen LogP contribution in [0.15, 0.2) is 60.9 Å². The molecule has 0 bridgehead atoms. The molecule has 1 saturated heterocycles. The number of benzene rings is 2. The van der Waals surface area contributed by atoms with Gasteiger partial charge in [0.15, 0.2) is 5.82 Å².